The van der Waals surface area contributed by atoms with Gasteiger partial charge in [0.1, 0.15) is 23.2 Å². The first kappa shape index (κ1) is 15.9. The molecule has 1 atom stereocenters. The molecule has 0 spiro atoms. The van der Waals surface area contributed by atoms with Crippen LogP contribution in [-0.4, -0.2) is 7.11 Å². The van der Waals surface area contributed by atoms with E-state index in [-0.39, 0.29) is 22.2 Å². The summed E-state index contributed by atoms with van der Waals surface area (Å²) in [6, 6.07) is 5.53. The van der Waals surface area contributed by atoms with E-state index in [1.807, 2.05) is 0 Å². The molecule has 2 aromatic rings. The highest BCUT2D eigenvalue weighted by Crippen LogP contribution is 2.32. The largest absolute Gasteiger partial charge is 0.496 e. The van der Waals surface area contributed by atoms with Crippen LogP contribution in [0, 0.1) is 17.5 Å². The summed E-state index contributed by atoms with van der Waals surface area (Å²) in [4.78, 5) is 0. The smallest absolute Gasteiger partial charge is 0.141 e. The Labute approximate surface area is 128 Å². The molecule has 0 fully saturated rings. The summed E-state index contributed by atoms with van der Waals surface area (Å²) >= 11 is 3.06. The Kier molecular flexibility index (Phi) is 4.90. The van der Waals surface area contributed by atoms with Gasteiger partial charge in [-0.05, 0) is 40.5 Å². The van der Waals surface area contributed by atoms with E-state index in [2.05, 4.69) is 15.9 Å². The predicted molar refractivity (Wildman–Crippen MR) is 77.6 cm³/mol. The molecular formula is C15H13BrF3NO. The van der Waals surface area contributed by atoms with Gasteiger partial charge in [0.25, 0.3) is 0 Å². The predicted octanol–water partition coefficient (Wildman–Crippen LogP) is 4.12. The van der Waals surface area contributed by atoms with E-state index >= 15 is 0 Å². The van der Waals surface area contributed by atoms with E-state index in [0.717, 1.165) is 0 Å². The van der Waals surface area contributed by atoms with Gasteiger partial charge in [0.15, 0.2) is 0 Å². The van der Waals surface area contributed by atoms with Gasteiger partial charge in [0, 0.05) is 23.2 Å². The molecule has 2 rings (SSSR count). The summed E-state index contributed by atoms with van der Waals surface area (Å²) in [7, 11) is 1.38. The van der Waals surface area contributed by atoms with Gasteiger partial charge in [0.05, 0.1) is 11.6 Å². The average Bonchev–Trinajstić information content (AvgIpc) is 2.45. The third-order valence-electron chi connectivity index (χ3n) is 3.16. The molecule has 0 amide bonds. The van der Waals surface area contributed by atoms with Crippen molar-refractivity contribution in [2.75, 3.05) is 7.11 Å². The van der Waals surface area contributed by atoms with Crippen molar-refractivity contribution >= 4 is 15.9 Å². The standard InChI is InChI=1S/C15H13BrF3NO/c1-21-15-7-13(19)10(16)5-9(15)14(20)6-8-11(17)3-2-4-12(8)18/h2-5,7,14H,6,20H2,1H3. The number of methoxy groups -OCH3 is 1. The molecule has 0 aliphatic carbocycles. The summed E-state index contributed by atoms with van der Waals surface area (Å²) in [6.07, 6.45) is -0.0626. The second-order valence-corrected chi connectivity index (χ2v) is 5.37. The van der Waals surface area contributed by atoms with Gasteiger partial charge in [-0.2, -0.15) is 0 Å². The fraction of sp³-hybridized carbons (Fsp3) is 0.200. The summed E-state index contributed by atoms with van der Waals surface area (Å²) in [5.41, 5.74) is 6.37. The molecular weight excluding hydrogens is 347 g/mol. The molecule has 6 heteroatoms. The normalized spacial score (nSPS) is 12.3. The fourth-order valence-corrected chi connectivity index (χ4v) is 2.43. The summed E-state index contributed by atoms with van der Waals surface area (Å²) < 4.78 is 46.1. The molecule has 0 radical (unpaired) electrons. The van der Waals surface area contributed by atoms with Crippen LogP contribution in [0.1, 0.15) is 17.2 Å². The molecule has 0 aromatic heterocycles. The Morgan fingerprint density at radius 2 is 1.76 bits per heavy atom. The van der Waals surface area contributed by atoms with Crippen molar-refractivity contribution < 1.29 is 17.9 Å². The van der Waals surface area contributed by atoms with Gasteiger partial charge in [-0.25, -0.2) is 13.2 Å². The monoisotopic (exact) mass is 359 g/mol. The molecule has 1 unspecified atom stereocenters. The molecule has 2 aromatic carbocycles. The van der Waals surface area contributed by atoms with Gasteiger partial charge < -0.3 is 10.5 Å². The molecule has 112 valence electrons. The average molecular weight is 360 g/mol. The number of rotatable bonds is 4. The van der Waals surface area contributed by atoms with Gasteiger partial charge in [-0.15, -0.1) is 0 Å². The van der Waals surface area contributed by atoms with Gasteiger partial charge in [-0.3, -0.25) is 0 Å². The lowest BCUT2D eigenvalue weighted by Gasteiger charge is -2.17. The Bertz CT molecular complexity index is 643. The second kappa shape index (κ2) is 6.49. The number of hydrogen-bond donors (Lipinski definition) is 1. The van der Waals surface area contributed by atoms with E-state index < -0.39 is 23.5 Å². The lowest BCUT2D eigenvalue weighted by molar-refractivity contribution is 0.400. The third-order valence-corrected chi connectivity index (χ3v) is 3.77. The van der Waals surface area contributed by atoms with E-state index in [9.17, 15) is 13.2 Å². The summed E-state index contributed by atoms with van der Waals surface area (Å²) in [5, 5.41) is 0. The maximum absolute atomic E-state index is 13.7. The third kappa shape index (κ3) is 3.39. The molecule has 2 nitrogen and oxygen atoms in total. The molecule has 2 N–H and O–H groups in total. The molecule has 0 aliphatic heterocycles. The zero-order chi connectivity index (χ0) is 15.6. The first-order valence-corrected chi connectivity index (χ1v) is 6.94. The maximum Gasteiger partial charge on any atom is 0.141 e. The zero-order valence-electron chi connectivity index (χ0n) is 11.2. The van der Waals surface area contributed by atoms with Crippen molar-refractivity contribution in [3.63, 3.8) is 0 Å². The van der Waals surface area contributed by atoms with E-state index in [1.54, 1.807) is 0 Å². The van der Waals surface area contributed by atoms with Crippen LogP contribution < -0.4 is 10.5 Å². The molecule has 21 heavy (non-hydrogen) atoms. The van der Waals surface area contributed by atoms with Crippen LogP contribution in [-0.2, 0) is 6.42 Å². The topological polar surface area (TPSA) is 35.2 Å². The minimum absolute atomic E-state index is 0.0626. The van der Waals surface area contributed by atoms with Crippen LogP contribution in [0.3, 0.4) is 0 Å². The van der Waals surface area contributed by atoms with Crippen molar-refractivity contribution in [2.24, 2.45) is 5.73 Å². The molecule has 0 bridgehead atoms. The SMILES string of the molecule is COc1cc(F)c(Br)cc1C(N)Cc1c(F)cccc1F. The fourth-order valence-electron chi connectivity index (χ4n) is 2.07. The first-order valence-electron chi connectivity index (χ1n) is 6.15. The highest BCUT2D eigenvalue weighted by atomic mass is 79.9. The van der Waals surface area contributed by atoms with Gasteiger partial charge in [0.2, 0.25) is 0 Å². The van der Waals surface area contributed by atoms with Crippen molar-refractivity contribution in [1.82, 2.24) is 0 Å². The molecule has 0 saturated carbocycles. The molecule has 0 aliphatic rings. The van der Waals surface area contributed by atoms with Crippen molar-refractivity contribution in [1.29, 1.82) is 0 Å². The van der Waals surface area contributed by atoms with Crippen LogP contribution in [0.2, 0.25) is 0 Å². The van der Waals surface area contributed by atoms with Crippen molar-refractivity contribution in [2.45, 2.75) is 12.5 Å². The van der Waals surface area contributed by atoms with Crippen LogP contribution in [0.25, 0.3) is 0 Å². The second-order valence-electron chi connectivity index (χ2n) is 4.52. The van der Waals surface area contributed by atoms with Crippen LogP contribution in [0.15, 0.2) is 34.8 Å². The van der Waals surface area contributed by atoms with Crippen LogP contribution >= 0.6 is 15.9 Å². The number of halogens is 4. The van der Waals surface area contributed by atoms with E-state index in [1.165, 1.54) is 37.4 Å². The zero-order valence-corrected chi connectivity index (χ0v) is 12.8. The number of nitrogens with two attached hydrogens (primary N) is 1. The lowest BCUT2D eigenvalue weighted by atomic mass is 9.98. The quantitative estimate of drug-likeness (QED) is 0.891. The molecule has 0 heterocycles. The number of benzene rings is 2. The Morgan fingerprint density at radius 1 is 1.14 bits per heavy atom. The highest BCUT2D eigenvalue weighted by molar-refractivity contribution is 9.10. The van der Waals surface area contributed by atoms with Crippen LogP contribution in [0.5, 0.6) is 5.75 Å². The van der Waals surface area contributed by atoms with Gasteiger partial charge in [-0.1, -0.05) is 6.07 Å². The van der Waals surface area contributed by atoms with Crippen LogP contribution in [0.4, 0.5) is 13.2 Å². The number of hydrogen-bond acceptors (Lipinski definition) is 2. The molecule has 0 saturated heterocycles. The lowest BCUT2D eigenvalue weighted by Crippen LogP contribution is -2.16. The Balaban J connectivity index is 2.37. The van der Waals surface area contributed by atoms with E-state index in [0.29, 0.717) is 5.56 Å². The highest BCUT2D eigenvalue weighted by Gasteiger charge is 2.19. The Hall–Kier alpha value is -1.53. The van der Waals surface area contributed by atoms with E-state index in [4.69, 9.17) is 10.5 Å². The Morgan fingerprint density at radius 3 is 2.33 bits per heavy atom. The van der Waals surface area contributed by atoms with Gasteiger partial charge >= 0.3 is 0 Å². The summed E-state index contributed by atoms with van der Waals surface area (Å²) in [6.45, 7) is 0. The maximum atomic E-state index is 13.7. The minimum atomic E-state index is -0.733. The summed E-state index contributed by atoms with van der Waals surface area (Å²) in [5.74, 6) is -1.59. The first-order chi connectivity index (χ1) is 9.93. The minimum Gasteiger partial charge on any atom is -0.496 e. The van der Waals surface area contributed by atoms with Crippen molar-refractivity contribution in [3.05, 3.63) is 63.4 Å². The number of ether oxygens (including phenoxy) is 1. The van der Waals surface area contributed by atoms with Crippen molar-refractivity contribution in [3.8, 4) is 5.75 Å².